The first kappa shape index (κ1) is 13.0. The van der Waals surface area contributed by atoms with E-state index in [9.17, 15) is 13.2 Å². The lowest BCUT2D eigenvalue weighted by Gasteiger charge is -2.11. The van der Waals surface area contributed by atoms with Gasteiger partial charge in [0.1, 0.15) is 0 Å². The van der Waals surface area contributed by atoms with E-state index in [-0.39, 0.29) is 6.54 Å². The first-order valence-corrected chi connectivity index (χ1v) is 4.82. The summed E-state index contributed by atoms with van der Waals surface area (Å²) in [5.41, 5.74) is 0. The van der Waals surface area contributed by atoms with Crippen molar-refractivity contribution in [2.45, 2.75) is 25.9 Å². The second-order valence-electron chi connectivity index (χ2n) is 3.15. The summed E-state index contributed by atoms with van der Waals surface area (Å²) in [7, 11) is 0. The Hall–Kier alpha value is 0.0400. The molecule has 5 heteroatoms. The first-order valence-electron chi connectivity index (χ1n) is 4.29. The van der Waals surface area contributed by atoms with Crippen LogP contribution in [-0.2, 0) is 0 Å². The molecule has 0 aromatic carbocycles. The predicted octanol–water partition coefficient (Wildman–Crippen LogP) is 2.79. The molecule has 1 atom stereocenters. The summed E-state index contributed by atoms with van der Waals surface area (Å²) in [6.45, 7) is 2.56. The smallest absolute Gasteiger partial charge is 0.316 e. The Balaban J connectivity index is 3.25. The lowest BCUT2D eigenvalue weighted by Crippen LogP contribution is -2.26. The van der Waals surface area contributed by atoms with Crippen molar-refractivity contribution in [2.24, 2.45) is 5.92 Å². The fraction of sp³-hybridized carbons (Fsp3) is 1.00. The summed E-state index contributed by atoms with van der Waals surface area (Å²) in [6, 6.07) is 0. The lowest BCUT2D eigenvalue weighted by molar-refractivity contribution is -0.133. The largest absolute Gasteiger partial charge is 0.390 e. The molecule has 0 aliphatic rings. The van der Waals surface area contributed by atoms with Crippen LogP contribution in [0.2, 0.25) is 0 Å². The average molecular weight is 218 g/mol. The van der Waals surface area contributed by atoms with Gasteiger partial charge in [-0.05, 0) is 18.9 Å². The van der Waals surface area contributed by atoms with Crippen molar-refractivity contribution in [3.63, 3.8) is 0 Å². The van der Waals surface area contributed by atoms with Crippen LogP contribution in [0.25, 0.3) is 0 Å². The van der Waals surface area contributed by atoms with Gasteiger partial charge in [-0.2, -0.15) is 13.2 Å². The number of alkyl halides is 4. The Morgan fingerprint density at radius 1 is 1.38 bits per heavy atom. The second kappa shape index (κ2) is 6.49. The third-order valence-corrected chi connectivity index (χ3v) is 1.90. The molecule has 0 rings (SSSR count). The Labute approximate surface area is 81.6 Å². The van der Waals surface area contributed by atoms with E-state index in [1.54, 1.807) is 0 Å². The maximum absolute atomic E-state index is 11.7. The van der Waals surface area contributed by atoms with E-state index in [4.69, 9.17) is 11.6 Å². The molecule has 0 fully saturated rings. The van der Waals surface area contributed by atoms with E-state index >= 15 is 0 Å². The quantitative estimate of drug-likeness (QED) is 0.533. The van der Waals surface area contributed by atoms with Crippen LogP contribution in [0.4, 0.5) is 13.2 Å². The Kier molecular flexibility index (Phi) is 6.51. The highest BCUT2D eigenvalue weighted by atomic mass is 35.5. The normalized spacial score (nSPS) is 14.5. The van der Waals surface area contributed by atoms with Crippen molar-refractivity contribution < 1.29 is 13.2 Å². The standard InChI is InChI=1S/C8H15ClF3N/c1-7(2-4-9)6-13-5-3-8(10,11)12/h7,13H,2-6H2,1H3. The van der Waals surface area contributed by atoms with Crippen molar-refractivity contribution in [2.75, 3.05) is 19.0 Å². The van der Waals surface area contributed by atoms with Crippen LogP contribution in [0.15, 0.2) is 0 Å². The topological polar surface area (TPSA) is 12.0 Å². The van der Waals surface area contributed by atoms with Gasteiger partial charge in [0.15, 0.2) is 0 Å². The molecule has 0 aliphatic heterocycles. The summed E-state index contributed by atoms with van der Waals surface area (Å²) in [5, 5.41) is 2.75. The van der Waals surface area contributed by atoms with Crippen LogP contribution in [0.5, 0.6) is 0 Å². The van der Waals surface area contributed by atoms with E-state index in [1.165, 1.54) is 0 Å². The molecule has 0 aromatic rings. The lowest BCUT2D eigenvalue weighted by atomic mass is 10.1. The summed E-state index contributed by atoms with van der Waals surface area (Å²) in [6.07, 6.45) is -3.98. The summed E-state index contributed by atoms with van der Waals surface area (Å²) >= 11 is 5.47. The van der Waals surface area contributed by atoms with Crippen molar-refractivity contribution in [1.82, 2.24) is 5.32 Å². The predicted molar refractivity (Wildman–Crippen MR) is 48.0 cm³/mol. The molecule has 0 spiro atoms. The van der Waals surface area contributed by atoms with E-state index in [1.807, 2.05) is 6.92 Å². The van der Waals surface area contributed by atoms with Gasteiger partial charge in [0.2, 0.25) is 0 Å². The van der Waals surface area contributed by atoms with Crippen LogP contribution >= 0.6 is 11.6 Å². The van der Waals surface area contributed by atoms with Crippen LogP contribution in [-0.4, -0.2) is 25.1 Å². The van der Waals surface area contributed by atoms with Gasteiger partial charge in [-0.3, -0.25) is 0 Å². The summed E-state index contributed by atoms with van der Waals surface area (Å²) < 4.78 is 35.0. The number of halogens is 4. The molecular weight excluding hydrogens is 203 g/mol. The van der Waals surface area contributed by atoms with Gasteiger partial charge in [0, 0.05) is 12.4 Å². The molecule has 1 nitrogen and oxygen atoms in total. The summed E-state index contributed by atoms with van der Waals surface area (Å²) in [4.78, 5) is 0. The molecule has 0 amide bonds. The zero-order valence-corrected chi connectivity index (χ0v) is 8.38. The van der Waals surface area contributed by atoms with Gasteiger partial charge in [0.25, 0.3) is 0 Å². The fourth-order valence-electron chi connectivity index (χ4n) is 0.867. The van der Waals surface area contributed by atoms with E-state index in [0.717, 1.165) is 6.42 Å². The summed E-state index contributed by atoms with van der Waals surface area (Å²) in [5.74, 6) is 0.896. The van der Waals surface area contributed by atoms with Crippen LogP contribution in [0.3, 0.4) is 0 Å². The van der Waals surface area contributed by atoms with Crippen LogP contribution in [0, 0.1) is 5.92 Å². The molecule has 80 valence electrons. The molecule has 0 aromatic heterocycles. The maximum atomic E-state index is 11.7. The third kappa shape index (κ3) is 9.96. The fourth-order valence-corrected chi connectivity index (χ4v) is 1.24. The van der Waals surface area contributed by atoms with Crippen LogP contribution in [0.1, 0.15) is 19.8 Å². The SMILES string of the molecule is CC(CCCl)CNCCC(F)(F)F. The van der Waals surface area contributed by atoms with Gasteiger partial charge in [0.05, 0.1) is 6.42 Å². The highest BCUT2D eigenvalue weighted by Crippen LogP contribution is 2.18. The van der Waals surface area contributed by atoms with Crippen molar-refractivity contribution in [3.8, 4) is 0 Å². The van der Waals surface area contributed by atoms with Crippen LogP contribution < -0.4 is 5.32 Å². The Morgan fingerprint density at radius 3 is 2.46 bits per heavy atom. The van der Waals surface area contributed by atoms with Gasteiger partial charge < -0.3 is 5.32 Å². The Morgan fingerprint density at radius 2 is 2.00 bits per heavy atom. The number of nitrogens with one attached hydrogen (secondary N) is 1. The molecule has 0 saturated carbocycles. The van der Waals surface area contributed by atoms with E-state index in [0.29, 0.717) is 18.3 Å². The molecule has 0 bridgehead atoms. The second-order valence-corrected chi connectivity index (χ2v) is 3.53. The zero-order chi connectivity index (χ0) is 10.3. The molecule has 1 N–H and O–H groups in total. The minimum absolute atomic E-state index is 0.00384. The van der Waals surface area contributed by atoms with Gasteiger partial charge in [-0.15, -0.1) is 11.6 Å². The van der Waals surface area contributed by atoms with Gasteiger partial charge >= 0.3 is 6.18 Å². The molecule has 0 radical (unpaired) electrons. The number of rotatable bonds is 6. The monoisotopic (exact) mass is 217 g/mol. The van der Waals surface area contributed by atoms with E-state index < -0.39 is 12.6 Å². The maximum Gasteiger partial charge on any atom is 0.390 e. The number of hydrogen-bond acceptors (Lipinski definition) is 1. The zero-order valence-electron chi connectivity index (χ0n) is 7.62. The molecular formula is C8H15ClF3N. The van der Waals surface area contributed by atoms with Gasteiger partial charge in [-0.25, -0.2) is 0 Å². The molecule has 1 unspecified atom stereocenters. The molecule has 13 heavy (non-hydrogen) atoms. The molecule has 0 heterocycles. The highest BCUT2D eigenvalue weighted by Gasteiger charge is 2.25. The third-order valence-electron chi connectivity index (χ3n) is 1.68. The molecule has 0 aliphatic carbocycles. The number of hydrogen-bond donors (Lipinski definition) is 1. The molecule has 0 saturated heterocycles. The highest BCUT2D eigenvalue weighted by molar-refractivity contribution is 6.17. The minimum atomic E-state index is -4.05. The van der Waals surface area contributed by atoms with Crippen molar-refractivity contribution >= 4 is 11.6 Å². The van der Waals surface area contributed by atoms with Crippen molar-refractivity contribution in [1.29, 1.82) is 0 Å². The van der Waals surface area contributed by atoms with E-state index in [2.05, 4.69) is 5.32 Å². The average Bonchev–Trinajstić information content (AvgIpc) is 1.97. The Bertz CT molecular complexity index is 127. The van der Waals surface area contributed by atoms with Crippen molar-refractivity contribution in [3.05, 3.63) is 0 Å². The van der Waals surface area contributed by atoms with Gasteiger partial charge in [-0.1, -0.05) is 6.92 Å². The first-order chi connectivity index (χ1) is 5.95. The minimum Gasteiger partial charge on any atom is -0.316 e.